The number of carbonyl (C=O) groups excluding carboxylic acids is 2. The minimum absolute atomic E-state index is 0.122. The van der Waals surface area contributed by atoms with Gasteiger partial charge in [0.25, 0.3) is 5.95 Å². The van der Waals surface area contributed by atoms with Crippen molar-refractivity contribution >= 4 is 17.8 Å². The van der Waals surface area contributed by atoms with Crippen molar-refractivity contribution in [1.29, 1.82) is 0 Å². The Morgan fingerprint density at radius 2 is 1.75 bits per heavy atom. The SMILES string of the molecule is CN(Cc1ccccc1)C(=O)NCCC(=O)Nc1cc(C(C)(C)C)nn1-c1ncccn1. The molecule has 0 fully saturated rings. The molecule has 0 spiro atoms. The fraction of sp³-hybridized carbons (Fsp3) is 0.348. The Hall–Kier alpha value is -3.75. The Balaban J connectivity index is 1.57. The average molecular weight is 436 g/mol. The summed E-state index contributed by atoms with van der Waals surface area (Å²) in [7, 11) is 1.72. The quantitative estimate of drug-likeness (QED) is 0.593. The summed E-state index contributed by atoms with van der Waals surface area (Å²) in [4.78, 5) is 34.9. The van der Waals surface area contributed by atoms with Gasteiger partial charge in [-0.15, -0.1) is 0 Å². The molecule has 32 heavy (non-hydrogen) atoms. The van der Waals surface area contributed by atoms with Crippen molar-refractivity contribution in [3.8, 4) is 5.95 Å². The van der Waals surface area contributed by atoms with Crippen molar-refractivity contribution in [2.75, 3.05) is 18.9 Å². The highest BCUT2D eigenvalue weighted by atomic mass is 16.2. The molecule has 0 saturated heterocycles. The zero-order valence-corrected chi connectivity index (χ0v) is 18.9. The fourth-order valence-corrected chi connectivity index (χ4v) is 2.94. The van der Waals surface area contributed by atoms with Crippen LogP contribution in [0, 0.1) is 0 Å². The first-order chi connectivity index (χ1) is 15.2. The van der Waals surface area contributed by atoms with Crippen LogP contribution in [0.2, 0.25) is 0 Å². The van der Waals surface area contributed by atoms with E-state index in [1.54, 1.807) is 30.4 Å². The molecule has 0 atom stereocenters. The first-order valence-electron chi connectivity index (χ1n) is 10.4. The van der Waals surface area contributed by atoms with Crippen LogP contribution in [0.5, 0.6) is 0 Å². The predicted octanol–water partition coefficient (Wildman–Crippen LogP) is 3.13. The lowest BCUT2D eigenvalue weighted by Gasteiger charge is -2.18. The van der Waals surface area contributed by atoms with Crippen LogP contribution in [0.1, 0.15) is 38.4 Å². The molecule has 9 nitrogen and oxygen atoms in total. The molecule has 3 amide bonds. The van der Waals surface area contributed by atoms with E-state index < -0.39 is 0 Å². The van der Waals surface area contributed by atoms with Gasteiger partial charge >= 0.3 is 6.03 Å². The molecule has 0 bridgehead atoms. The first kappa shape index (κ1) is 22.9. The van der Waals surface area contributed by atoms with Crippen molar-refractivity contribution in [3.63, 3.8) is 0 Å². The van der Waals surface area contributed by atoms with Gasteiger partial charge in [-0.2, -0.15) is 9.78 Å². The second-order valence-corrected chi connectivity index (χ2v) is 8.50. The number of carbonyl (C=O) groups is 2. The topological polar surface area (TPSA) is 105 Å². The third-order valence-corrected chi connectivity index (χ3v) is 4.72. The van der Waals surface area contributed by atoms with Crippen LogP contribution >= 0.6 is 0 Å². The average Bonchev–Trinajstić information content (AvgIpc) is 3.19. The molecule has 3 aromatic rings. The van der Waals surface area contributed by atoms with E-state index in [-0.39, 0.29) is 30.3 Å². The normalized spacial score (nSPS) is 11.1. The van der Waals surface area contributed by atoms with Crippen LogP contribution in [-0.4, -0.2) is 50.2 Å². The molecular weight excluding hydrogens is 406 g/mol. The number of nitrogens with one attached hydrogen (secondary N) is 2. The van der Waals surface area contributed by atoms with Gasteiger partial charge in [-0.1, -0.05) is 51.1 Å². The van der Waals surface area contributed by atoms with E-state index in [1.807, 2.05) is 57.2 Å². The third-order valence-electron chi connectivity index (χ3n) is 4.72. The van der Waals surface area contributed by atoms with Crippen LogP contribution in [-0.2, 0) is 16.8 Å². The molecule has 0 radical (unpaired) electrons. The highest BCUT2D eigenvalue weighted by Gasteiger charge is 2.22. The lowest BCUT2D eigenvalue weighted by molar-refractivity contribution is -0.116. The lowest BCUT2D eigenvalue weighted by Crippen LogP contribution is -2.38. The van der Waals surface area contributed by atoms with Crippen molar-refractivity contribution in [2.45, 2.75) is 39.2 Å². The van der Waals surface area contributed by atoms with E-state index in [4.69, 9.17) is 0 Å². The summed E-state index contributed by atoms with van der Waals surface area (Å²) in [6.07, 6.45) is 3.36. The monoisotopic (exact) mass is 435 g/mol. The van der Waals surface area contributed by atoms with Gasteiger partial charge in [0.1, 0.15) is 5.82 Å². The van der Waals surface area contributed by atoms with Gasteiger partial charge in [0.15, 0.2) is 0 Å². The summed E-state index contributed by atoms with van der Waals surface area (Å²) in [5, 5.41) is 10.2. The molecule has 1 aromatic carbocycles. The maximum absolute atomic E-state index is 12.5. The Kier molecular flexibility index (Phi) is 7.19. The van der Waals surface area contributed by atoms with Crippen molar-refractivity contribution in [3.05, 3.63) is 66.1 Å². The second kappa shape index (κ2) is 10.0. The number of amides is 3. The van der Waals surface area contributed by atoms with Crippen molar-refractivity contribution in [1.82, 2.24) is 30.0 Å². The number of benzene rings is 1. The van der Waals surface area contributed by atoms with E-state index in [0.29, 0.717) is 18.3 Å². The Labute approximate surface area is 187 Å². The molecule has 2 heterocycles. The van der Waals surface area contributed by atoms with E-state index in [9.17, 15) is 9.59 Å². The predicted molar refractivity (Wildman–Crippen MR) is 122 cm³/mol. The maximum Gasteiger partial charge on any atom is 0.317 e. The van der Waals surface area contributed by atoms with Gasteiger partial charge in [-0.3, -0.25) is 4.79 Å². The zero-order valence-electron chi connectivity index (χ0n) is 18.9. The summed E-state index contributed by atoms with van der Waals surface area (Å²) >= 11 is 0. The van der Waals surface area contributed by atoms with Crippen LogP contribution in [0.25, 0.3) is 5.95 Å². The summed E-state index contributed by atoms with van der Waals surface area (Å²) in [6, 6.07) is 13.0. The summed E-state index contributed by atoms with van der Waals surface area (Å²) < 4.78 is 1.52. The molecule has 2 aromatic heterocycles. The summed E-state index contributed by atoms with van der Waals surface area (Å²) in [5.74, 6) is 0.612. The van der Waals surface area contributed by atoms with Gasteiger partial charge in [0.2, 0.25) is 5.91 Å². The Bertz CT molecular complexity index is 1040. The molecule has 9 heteroatoms. The van der Waals surface area contributed by atoms with E-state index in [1.165, 1.54) is 4.68 Å². The molecule has 0 aliphatic rings. The molecule has 0 unspecified atom stereocenters. The van der Waals surface area contributed by atoms with E-state index in [0.717, 1.165) is 11.3 Å². The Morgan fingerprint density at radius 1 is 1.06 bits per heavy atom. The molecule has 3 rings (SSSR count). The maximum atomic E-state index is 12.5. The van der Waals surface area contributed by atoms with Crippen LogP contribution in [0.4, 0.5) is 10.6 Å². The number of hydrogen-bond donors (Lipinski definition) is 2. The number of nitrogens with zero attached hydrogens (tertiary/aromatic N) is 5. The molecule has 2 N–H and O–H groups in total. The highest BCUT2D eigenvalue weighted by molar-refractivity contribution is 5.90. The minimum Gasteiger partial charge on any atom is -0.337 e. The largest absolute Gasteiger partial charge is 0.337 e. The molecule has 0 saturated carbocycles. The van der Waals surface area contributed by atoms with Crippen LogP contribution < -0.4 is 10.6 Å². The number of hydrogen-bond acceptors (Lipinski definition) is 5. The standard InChI is InChI=1S/C23H29N7O2/c1-23(2,3)18-15-19(30(28-18)21-24-12-8-13-25-21)27-20(31)11-14-26-22(32)29(4)16-17-9-6-5-7-10-17/h5-10,12-13,15H,11,14,16H2,1-4H3,(H,26,32)(H,27,31). The highest BCUT2D eigenvalue weighted by Crippen LogP contribution is 2.25. The van der Waals surface area contributed by atoms with Crippen LogP contribution in [0.3, 0.4) is 0 Å². The molecular formula is C23H29N7O2. The zero-order chi connectivity index (χ0) is 23.1. The summed E-state index contributed by atoms with van der Waals surface area (Å²) in [5.41, 5.74) is 1.63. The summed E-state index contributed by atoms with van der Waals surface area (Å²) in [6.45, 7) is 6.83. The van der Waals surface area contributed by atoms with Gasteiger partial charge in [-0.05, 0) is 11.6 Å². The van der Waals surface area contributed by atoms with Gasteiger partial charge < -0.3 is 15.5 Å². The van der Waals surface area contributed by atoms with Gasteiger partial charge in [0.05, 0.1) is 5.69 Å². The van der Waals surface area contributed by atoms with E-state index in [2.05, 4.69) is 25.7 Å². The second-order valence-electron chi connectivity index (χ2n) is 8.50. The van der Waals surface area contributed by atoms with Crippen molar-refractivity contribution in [2.24, 2.45) is 0 Å². The minimum atomic E-state index is -0.242. The molecule has 168 valence electrons. The smallest absolute Gasteiger partial charge is 0.317 e. The van der Waals surface area contributed by atoms with E-state index >= 15 is 0 Å². The van der Waals surface area contributed by atoms with Crippen molar-refractivity contribution < 1.29 is 9.59 Å². The molecule has 0 aliphatic heterocycles. The fourth-order valence-electron chi connectivity index (χ4n) is 2.94. The number of anilines is 1. The van der Waals surface area contributed by atoms with Gasteiger partial charge in [0, 0.05) is 50.4 Å². The molecule has 0 aliphatic carbocycles. The van der Waals surface area contributed by atoms with Gasteiger partial charge in [-0.25, -0.2) is 14.8 Å². The third kappa shape index (κ3) is 6.13. The first-order valence-corrected chi connectivity index (χ1v) is 10.4. The Morgan fingerprint density at radius 3 is 2.41 bits per heavy atom. The lowest BCUT2D eigenvalue weighted by atomic mass is 9.92. The number of urea groups is 1. The number of aromatic nitrogens is 4. The number of rotatable bonds is 7. The van der Waals surface area contributed by atoms with Crippen LogP contribution in [0.15, 0.2) is 54.9 Å².